The Morgan fingerprint density at radius 2 is 1.86 bits per heavy atom. The van der Waals surface area contributed by atoms with Crippen LogP contribution < -0.4 is 5.32 Å². The average Bonchev–Trinajstić information content (AvgIpc) is 2.09. The lowest BCUT2D eigenvalue weighted by Crippen LogP contribution is -2.52. The maximum absolute atomic E-state index is 11.3. The Morgan fingerprint density at radius 1 is 1.29 bits per heavy atom. The Labute approximate surface area is 84.0 Å². The third-order valence-electron chi connectivity index (χ3n) is 2.14. The number of imide groups is 1. The molecule has 0 aromatic heterocycles. The van der Waals surface area contributed by atoms with Crippen molar-refractivity contribution in [3.63, 3.8) is 0 Å². The van der Waals surface area contributed by atoms with E-state index in [1.807, 2.05) is 19.0 Å². The lowest BCUT2D eigenvalue weighted by molar-refractivity contribution is -0.146. The van der Waals surface area contributed by atoms with Crippen LogP contribution in [0.5, 0.6) is 0 Å². The van der Waals surface area contributed by atoms with E-state index in [0.717, 1.165) is 13.0 Å². The molecule has 80 valence electrons. The molecule has 5 heteroatoms. The molecule has 5 nitrogen and oxygen atoms in total. The van der Waals surface area contributed by atoms with E-state index in [0.29, 0.717) is 6.54 Å². The Balaban J connectivity index is 2.33. The van der Waals surface area contributed by atoms with Crippen LogP contribution in [0.1, 0.15) is 6.42 Å². The molecule has 1 aliphatic heterocycles. The van der Waals surface area contributed by atoms with Crippen molar-refractivity contribution in [3.05, 3.63) is 0 Å². The molecule has 1 aliphatic rings. The van der Waals surface area contributed by atoms with Gasteiger partial charge in [-0.05, 0) is 27.1 Å². The Morgan fingerprint density at radius 3 is 2.36 bits per heavy atom. The van der Waals surface area contributed by atoms with E-state index in [9.17, 15) is 9.59 Å². The highest BCUT2D eigenvalue weighted by atomic mass is 16.2. The predicted octanol–water partition coefficient (Wildman–Crippen LogP) is -1.10. The third kappa shape index (κ3) is 3.08. The van der Waals surface area contributed by atoms with Gasteiger partial charge in [0, 0.05) is 6.54 Å². The average molecular weight is 199 g/mol. The molecule has 0 aromatic rings. The normalized spacial score (nSPS) is 18.1. The number of nitrogens with zero attached hydrogens (tertiary/aromatic N) is 2. The zero-order chi connectivity index (χ0) is 10.6. The molecule has 1 saturated heterocycles. The molecule has 0 aromatic carbocycles. The van der Waals surface area contributed by atoms with Gasteiger partial charge in [-0.3, -0.25) is 19.8 Å². The third-order valence-corrected chi connectivity index (χ3v) is 2.14. The summed E-state index contributed by atoms with van der Waals surface area (Å²) in [5, 5.41) is 2.76. The molecule has 0 saturated carbocycles. The van der Waals surface area contributed by atoms with Crippen LogP contribution in [0.2, 0.25) is 0 Å². The van der Waals surface area contributed by atoms with Gasteiger partial charge >= 0.3 is 0 Å². The molecule has 1 fully saturated rings. The van der Waals surface area contributed by atoms with Crippen molar-refractivity contribution < 1.29 is 9.59 Å². The van der Waals surface area contributed by atoms with Gasteiger partial charge in [-0.2, -0.15) is 0 Å². The first-order chi connectivity index (χ1) is 6.61. The van der Waals surface area contributed by atoms with Crippen LogP contribution in [-0.4, -0.2) is 61.9 Å². The van der Waals surface area contributed by atoms with Crippen LogP contribution in [0.15, 0.2) is 0 Å². The van der Waals surface area contributed by atoms with Gasteiger partial charge in [0.25, 0.3) is 0 Å². The standard InChI is InChI=1S/C9H17N3O2/c1-11(2)4-3-5-12-8(13)6-10-7-9(12)14/h10H,3-7H2,1-2H3. The van der Waals surface area contributed by atoms with Crippen molar-refractivity contribution >= 4 is 11.8 Å². The zero-order valence-electron chi connectivity index (χ0n) is 8.75. The lowest BCUT2D eigenvalue weighted by Gasteiger charge is -2.25. The number of carbonyl (C=O) groups excluding carboxylic acids is 2. The van der Waals surface area contributed by atoms with E-state index in [-0.39, 0.29) is 24.9 Å². The lowest BCUT2D eigenvalue weighted by atomic mass is 10.3. The number of hydrogen-bond donors (Lipinski definition) is 1. The summed E-state index contributed by atoms with van der Waals surface area (Å²) < 4.78 is 0. The SMILES string of the molecule is CN(C)CCCN1C(=O)CNCC1=O. The summed E-state index contributed by atoms with van der Waals surface area (Å²) in [7, 11) is 3.95. The van der Waals surface area contributed by atoms with Crippen LogP contribution in [0.4, 0.5) is 0 Å². The number of rotatable bonds is 4. The molecule has 2 amide bonds. The Kier molecular flexibility index (Phi) is 4.03. The van der Waals surface area contributed by atoms with E-state index >= 15 is 0 Å². The summed E-state index contributed by atoms with van der Waals surface area (Å²) in [6.45, 7) is 2.00. The van der Waals surface area contributed by atoms with Crippen molar-refractivity contribution in [1.82, 2.24) is 15.1 Å². The predicted molar refractivity (Wildman–Crippen MR) is 52.8 cm³/mol. The fourth-order valence-electron chi connectivity index (χ4n) is 1.40. The van der Waals surface area contributed by atoms with Gasteiger partial charge in [0.05, 0.1) is 13.1 Å². The number of hydrogen-bond acceptors (Lipinski definition) is 4. The molecule has 0 bridgehead atoms. The fraction of sp³-hybridized carbons (Fsp3) is 0.778. The van der Waals surface area contributed by atoms with Gasteiger partial charge in [-0.1, -0.05) is 0 Å². The molecule has 0 spiro atoms. The van der Waals surface area contributed by atoms with E-state index in [4.69, 9.17) is 0 Å². The topological polar surface area (TPSA) is 52.6 Å². The quantitative estimate of drug-likeness (QED) is 0.584. The van der Waals surface area contributed by atoms with Crippen molar-refractivity contribution in [2.45, 2.75) is 6.42 Å². The van der Waals surface area contributed by atoms with E-state index in [2.05, 4.69) is 5.32 Å². The first-order valence-corrected chi connectivity index (χ1v) is 4.80. The number of piperazine rings is 1. The largest absolute Gasteiger partial charge is 0.309 e. The second-order valence-electron chi connectivity index (χ2n) is 3.70. The Bertz CT molecular complexity index is 212. The van der Waals surface area contributed by atoms with Crippen LogP contribution in [0.25, 0.3) is 0 Å². The maximum Gasteiger partial charge on any atom is 0.243 e. The zero-order valence-corrected chi connectivity index (χ0v) is 8.75. The van der Waals surface area contributed by atoms with Crippen LogP contribution >= 0.6 is 0 Å². The monoisotopic (exact) mass is 199 g/mol. The number of nitrogens with one attached hydrogen (secondary N) is 1. The second-order valence-corrected chi connectivity index (χ2v) is 3.70. The molecular weight excluding hydrogens is 182 g/mol. The van der Waals surface area contributed by atoms with Crippen LogP contribution in [-0.2, 0) is 9.59 Å². The molecular formula is C9H17N3O2. The van der Waals surface area contributed by atoms with Crippen LogP contribution in [0.3, 0.4) is 0 Å². The highest BCUT2D eigenvalue weighted by molar-refractivity contribution is 5.99. The Hall–Kier alpha value is -0.940. The molecule has 0 unspecified atom stereocenters. The molecule has 0 radical (unpaired) electrons. The first kappa shape index (κ1) is 11.1. The first-order valence-electron chi connectivity index (χ1n) is 4.80. The van der Waals surface area contributed by atoms with Gasteiger partial charge in [-0.15, -0.1) is 0 Å². The minimum Gasteiger partial charge on any atom is -0.309 e. The summed E-state index contributed by atoms with van der Waals surface area (Å²) in [6, 6.07) is 0. The summed E-state index contributed by atoms with van der Waals surface area (Å²) in [6.07, 6.45) is 0.838. The summed E-state index contributed by atoms with van der Waals surface area (Å²) in [5.74, 6) is -0.222. The van der Waals surface area contributed by atoms with Gasteiger partial charge in [0.1, 0.15) is 0 Å². The van der Waals surface area contributed by atoms with Gasteiger partial charge in [0.15, 0.2) is 0 Å². The molecule has 1 N–H and O–H groups in total. The summed E-state index contributed by atoms with van der Waals surface area (Å²) >= 11 is 0. The number of carbonyl (C=O) groups is 2. The summed E-state index contributed by atoms with van der Waals surface area (Å²) in [4.78, 5) is 26.0. The van der Waals surface area contributed by atoms with Gasteiger partial charge in [-0.25, -0.2) is 0 Å². The maximum atomic E-state index is 11.3. The molecule has 0 atom stereocenters. The van der Waals surface area contributed by atoms with Crippen molar-refractivity contribution in [2.24, 2.45) is 0 Å². The van der Waals surface area contributed by atoms with E-state index < -0.39 is 0 Å². The smallest absolute Gasteiger partial charge is 0.243 e. The van der Waals surface area contributed by atoms with Crippen molar-refractivity contribution in [3.8, 4) is 0 Å². The highest BCUT2D eigenvalue weighted by Crippen LogP contribution is 1.98. The van der Waals surface area contributed by atoms with E-state index in [1.54, 1.807) is 0 Å². The van der Waals surface area contributed by atoms with Gasteiger partial charge in [0.2, 0.25) is 11.8 Å². The van der Waals surface area contributed by atoms with E-state index in [1.165, 1.54) is 4.90 Å². The molecule has 1 rings (SSSR count). The highest BCUT2D eigenvalue weighted by Gasteiger charge is 2.24. The second kappa shape index (κ2) is 5.07. The minimum absolute atomic E-state index is 0.111. The summed E-state index contributed by atoms with van der Waals surface area (Å²) in [5.41, 5.74) is 0. The van der Waals surface area contributed by atoms with Crippen LogP contribution in [0, 0.1) is 0 Å². The molecule has 14 heavy (non-hydrogen) atoms. The fourth-order valence-corrected chi connectivity index (χ4v) is 1.40. The minimum atomic E-state index is -0.111. The van der Waals surface area contributed by atoms with Crippen molar-refractivity contribution in [1.29, 1.82) is 0 Å². The van der Waals surface area contributed by atoms with Crippen molar-refractivity contribution in [2.75, 3.05) is 40.3 Å². The van der Waals surface area contributed by atoms with Gasteiger partial charge < -0.3 is 4.90 Å². The molecule has 1 heterocycles. The number of amides is 2. The molecule has 0 aliphatic carbocycles.